The fraction of sp³-hybridized carbons (Fsp3) is 0.476. The molecule has 4 aromatic rings. The Labute approximate surface area is 331 Å². The molecule has 306 valence electrons. The van der Waals surface area contributed by atoms with Gasteiger partial charge in [0.15, 0.2) is 0 Å². The number of hydrogen-bond donors (Lipinski definition) is 1. The highest BCUT2D eigenvalue weighted by Crippen LogP contribution is 2.40. The summed E-state index contributed by atoms with van der Waals surface area (Å²) < 4.78 is 67.8. The zero-order valence-corrected chi connectivity index (χ0v) is 32.9. The molecular weight excluding hydrogens is 741 g/mol. The number of nitrogens with one attached hydrogen (secondary N) is 1. The zero-order chi connectivity index (χ0) is 40.6. The van der Waals surface area contributed by atoms with Gasteiger partial charge in [-0.1, -0.05) is 36.4 Å². The Morgan fingerprint density at radius 3 is 2.25 bits per heavy atom. The molecule has 0 spiro atoms. The van der Waals surface area contributed by atoms with Crippen LogP contribution in [0.2, 0.25) is 0 Å². The van der Waals surface area contributed by atoms with Crippen molar-refractivity contribution in [2.45, 2.75) is 84.2 Å². The van der Waals surface area contributed by atoms with E-state index in [1.54, 1.807) is 29.1 Å². The van der Waals surface area contributed by atoms with Crippen LogP contribution < -0.4 is 10.2 Å². The molecule has 3 heterocycles. The standard InChI is InChI=1S/C42H51F3N6O6/c1-41(2,3)57-40(53)46-14-17-54-26-29-8-10-30(11-9-29)27-55-18-19-56-34-12-15-50(16-13-34)24-32-21-35-36(37(22-32)42(43,44)45)25-51(39(35)52)33-7-5-6-31(20-33)23-38-48-47-28-49(38)4/h5-11,20-22,28,34H,12-19,23-27H2,1-4H3,(H,46,53). The molecule has 0 unspecified atom stereocenters. The van der Waals surface area contributed by atoms with Gasteiger partial charge in [0.05, 0.1) is 51.2 Å². The summed E-state index contributed by atoms with van der Waals surface area (Å²) in [5, 5.41) is 10.7. The lowest BCUT2D eigenvalue weighted by Crippen LogP contribution is -2.37. The number of ether oxygens (including phenoxy) is 4. The molecule has 1 N–H and O–H groups in total. The number of fused-ring (bicyclic) bond motifs is 1. The number of carbonyl (C=O) groups excluding carboxylic acids is 2. The van der Waals surface area contributed by atoms with Crippen molar-refractivity contribution in [1.29, 1.82) is 0 Å². The van der Waals surface area contributed by atoms with E-state index in [1.165, 1.54) is 11.0 Å². The topological polar surface area (TPSA) is 120 Å². The number of amides is 2. The molecule has 3 aromatic carbocycles. The quantitative estimate of drug-likeness (QED) is 0.122. The van der Waals surface area contributed by atoms with Gasteiger partial charge in [0, 0.05) is 50.9 Å². The number of hydrogen-bond acceptors (Lipinski definition) is 9. The third-order valence-electron chi connectivity index (χ3n) is 9.79. The first-order valence-electron chi connectivity index (χ1n) is 19.2. The first-order valence-corrected chi connectivity index (χ1v) is 19.2. The lowest BCUT2D eigenvalue weighted by atomic mass is 9.98. The van der Waals surface area contributed by atoms with E-state index in [0.29, 0.717) is 76.9 Å². The highest BCUT2D eigenvalue weighted by molar-refractivity contribution is 6.10. The van der Waals surface area contributed by atoms with Crippen molar-refractivity contribution in [2.75, 3.05) is 44.4 Å². The lowest BCUT2D eigenvalue weighted by molar-refractivity contribution is -0.138. The van der Waals surface area contributed by atoms with Gasteiger partial charge in [0.25, 0.3) is 5.91 Å². The lowest BCUT2D eigenvalue weighted by Gasteiger charge is -2.32. The number of halogens is 3. The maximum atomic E-state index is 14.4. The Balaban J connectivity index is 0.914. The minimum absolute atomic E-state index is 0.00841. The van der Waals surface area contributed by atoms with Crippen LogP contribution >= 0.6 is 0 Å². The molecule has 1 saturated heterocycles. The number of alkyl halides is 3. The van der Waals surface area contributed by atoms with E-state index in [-0.39, 0.29) is 23.8 Å². The van der Waals surface area contributed by atoms with Gasteiger partial charge in [0.2, 0.25) is 0 Å². The predicted octanol–water partition coefficient (Wildman–Crippen LogP) is 6.82. The highest BCUT2D eigenvalue weighted by atomic mass is 19.4. The van der Waals surface area contributed by atoms with Crippen molar-refractivity contribution in [2.24, 2.45) is 7.05 Å². The molecule has 0 atom stereocenters. The number of piperidine rings is 1. The van der Waals surface area contributed by atoms with Crippen LogP contribution in [0.25, 0.3) is 0 Å². The molecule has 2 aliphatic rings. The molecule has 15 heteroatoms. The SMILES string of the molecule is Cn1cnnc1Cc1cccc(N2Cc3c(cc(CN4CCC(OCCOCc5ccc(COCCNC(=O)OC(C)(C)C)cc5)CC4)cc3C(F)(F)F)C2=O)c1. The number of aryl methyl sites for hydroxylation is 1. The number of carbonyl (C=O) groups is 2. The second-order valence-electron chi connectivity index (χ2n) is 15.5. The molecule has 0 saturated carbocycles. The average molecular weight is 793 g/mol. The van der Waals surface area contributed by atoms with Crippen LogP contribution in [0.5, 0.6) is 0 Å². The largest absolute Gasteiger partial charge is 0.444 e. The normalized spacial score (nSPS) is 15.3. The van der Waals surface area contributed by atoms with Crippen LogP contribution in [0.1, 0.15) is 83.2 Å². The van der Waals surface area contributed by atoms with Crippen molar-refractivity contribution < 1.29 is 41.7 Å². The number of anilines is 1. The maximum absolute atomic E-state index is 14.4. The van der Waals surface area contributed by atoms with Crippen molar-refractivity contribution in [1.82, 2.24) is 25.0 Å². The fourth-order valence-electron chi connectivity index (χ4n) is 6.92. The third kappa shape index (κ3) is 11.9. The van der Waals surface area contributed by atoms with E-state index in [4.69, 9.17) is 18.9 Å². The molecule has 0 radical (unpaired) electrons. The van der Waals surface area contributed by atoms with E-state index in [2.05, 4.69) is 20.4 Å². The number of aromatic nitrogens is 3. The monoisotopic (exact) mass is 792 g/mol. The van der Waals surface area contributed by atoms with E-state index >= 15 is 0 Å². The summed E-state index contributed by atoms with van der Waals surface area (Å²) in [6, 6.07) is 18.0. The first-order chi connectivity index (χ1) is 27.2. The van der Waals surface area contributed by atoms with Crippen LogP contribution in [0.3, 0.4) is 0 Å². The molecule has 0 aliphatic carbocycles. The third-order valence-corrected chi connectivity index (χ3v) is 9.79. The summed E-state index contributed by atoms with van der Waals surface area (Å²) >= 11 is 0. The number of rotatable bonds is 16. The van der Waals surface area contributed by atoms with Gasteiger partial charge >= 0.3 is 12.3 Å². The van der Waals surface area contributed by atoms with Crippen molar-refractivity contribution in [3.8, 4) is 0 Å². The van der Waals surface area contributed by atoms with Crippen LogP contribution in [-0.2, 0) is 64.9 Å². The van der Waals surface area contributed by atoms with E-state index in [9.17, 15) is 22.8 Å². The van der Waals surface area contributed by atoms with E-state index in [1.807, 2.05) is 64.2 Å². The summed E-state index contributed by atoms with van der Waals surface area (Å²) in [5.41, 5.74) is 2.72. The summed E-state index contributed by atoms with van der Waals surface area (Å²) in [6.07, 6.45) is -1.47. The molecule has 1 fully saturated rings. The van der Waals surface area contributed by atoms with Gasteiger partial charge in [0.1, 0.15) is 17.8 Å². The molecular formula is C42H51F3N6O6. The highest BCUT2D eigenvalue weighted by Gasteiger charge is 2.40. The van der Waals surface area contributed by atoms with Crippen molar-refractivity contribution in [3.63, 3.8) is 0 Å². The number of alkyl carbamates (subject to hydrolysis) is 1. The summed E-state index contributed by atoms with van der Waals surface area (Å²) in [4.78, 5) is 28.9. The Kier molecular flexibility index (Phi) is 13.7. The van der Waals surface area contributed by atoms with Gasteiger partial charge in [-0.3, -0.25) is 9.69 Å². The van der Waals surface area contributed by atoms with Gasteiger partial charge in [-0.25, -0.2) is 4.79 Å². The number of benzene rings is 3. The molecule has 2 amide bonds. The fourth-order valence-corrected chi connectivity index (χ4v) is 6.92. The van der Waals surface area contributed by atoms with Gasteiger partial charge in [-0.2, -0.15) is 13.2 Å². The molecule has 2 aliphatic heterocycles. The second-order valence-corrected chi connectivity index (χ2v) is 15.5. The summed E-state index contributed by atoms with van der Waals surface area (Å²) in [5.74, 6) is 0.298. The van der Waals surface area contributed by atoms with Crippen molar-refractivity contribution in [3.05, 3.63) is 112 Å². The van der Waals surface area contributed by atoms with Crippen molar-refractivity contribution >= 4 is 17.7 Å². The average Bonchev–Trinajstić information content (AvgIpc) is 3.72. The summed E-state index contributed by atoms with van der Waals surface area (Å²) in [7, 11) is 1.84. The molecule has 57 heavy (non-hydrogen) atoms. The molecule has 0 bridgehead atoms. The van der Waals surface area contributed by atoms with Gasteiger partial charge < -0.3 is 33.7 Å². The van der Waals surface area contributed by atoms with Gasteiger partial charge in [-0.05, 0) is 85.7 Å². The minimum Gasteiger partial charge on any atom is -0.444 e. The molecule has 1 aromatic heterocycles. The minimum atomic E-state index is -4.60. The van der Waals surface area contributed by atoms with Crippen LogP contribution in [-0.4, -0.2) is 82.8 Å². The number of likely N-dealkylation sites (tertiary alicyclic amines) is 1. The van der Waals surface area contributed by atoms with E-state index in [0.717, 1.165) is 35.4 Å². The second kappa shape index (κ2) is 18.6. The number of nitrogens with zero attached hydrogens (tertiary/aromatic N) is 5. The van der Waals surface area contributed by atoms with E-state index < -0.39 is 29.3 Å². The Morgan fingerprint density at radius 2 is 1.60 bits per heavy atom. The Bertz CT molecular complexity index is 1970. The van der Waals surface area contributed by atoms with Crippen LogP contribution in [0.15, 0.2) is 67.0 Å². The Morgan fingerprint density at radius 1 is 0.895 bits per heavy atom. The van der Waals surface area contributed by atoms with Crippen LogP contribution in [0.4, 0.5) is 23.7 Å². The maximum Gasteiger partial charge on any atom is 0.416 e. The predicted molar refractivity (Wildman–Crippen MR) is 206 cm³/mol. The Hall–Kier alpha value is -4.83. The zero-order valence-electron chi connectivity index (χ0n) is 32.9. The molecule has 6 rings (SSSR count). The first kappa shape index (κ1) is 41.8. The summed E-state index contributed by atoms with van der Waals surface area (Å²) in [6.45, 7) is 9.39. The molecule has 12 nitrogen and oxygen atoms in total. The van der Waals surface area contributed by atoms with Crippen LogP contribution in [0, 0.1) is 0 Å². The smallest absolute Gasteiger partial charge is 0.416 e. The van der Waals surface area contributed by atoms with Gasteiger partial charge in [-0.15, -0.1) is 10.2 Å².